The van der Waals surface area contributed by atoms with Gasteiger partial charge in [-0.3, -0.25) is 4.79 Å². The summed E-state index contributed by atoms with van der Waals surface area (Å²) < 4.78 is 10.5. The second-order valence-electron chi connectivity index (χ2n) is 7.06. The van der Waals surface area contributed by atoms with Crippen LogP contribution < -0.4 is 14.8 Å². The number of methoxy groups -OCH3 is 2. The van der Waals surface area contributed by atoms with E-state index in [4.69, 9.17) is 9.47 Å². The lowest BCUT2D eigenvalue weighted by atomic mass is 9.93. The van der Waals surface area contributed by atoms with Crippen molar-refractivity contribution in [3.05, 3.63) is 53.6 Å². The molecule has 0 aromatic heterocycles. The van der Waals surface area contributed by atoms with Crippen molar-refractivity contribution in [1.82, 2.24) is 9.80 Å². The predicted octanol–water partition coefficient (Wildman–Crippen LogP) is 3.31. The maximum atomic E-state index is 12.9. The Morgan fingerprint density at radius 2 is 1.93 bits per heavy atom. The zero-order chi connectivity index (χ0) is 21.0. The lowest BCUT2D eigenvalue weighted by molar-refractivity contribution is -0.134. The van der Waals surface area contributed by atoms with Crippen LogP contribution in [0.1, 0.15) is 24.1 Å². The second-order valence-corrected chi connectivity index (χ2v) is 7.06. The Morgan fingerprint density at radius 1 is 1.17 bits per heavy atom. The third-order valence-electron chi connectivity index (χ3n) is 5.28. The van der Waals surface area contributed by atoms with E-state index in [-0.39, 0.29) is 24.5 Å². The molecule has 1 heterocycles. The van der Waals surface area contributed by atoms with Gasteiger partial charge < -0.3 is 24.6 Å². The van der Waals surface area contributed by atoms with Gasteiger partial charge in [-0.15, -0.1) is 0 Å². The Balaban J connectivity index is 1.63. The van der Waals surface area contributed by atoms with E-state index in [1.165, 1.54) is 23.1 Å². The van der Waals surface area contributed by atoms with Crippen LogP contribution in [0, 0.1) is 0 Å². The number of hydrogen-bond donors (Lipinski definition) is 1. The summed E-state index contributed by atoms with van der Waals surface area (Å²) in [5.74, 6) is 1.03. The molecule has 29 heavy (non-hydrogen) atoms. The molecule has 1 N–H and O–H groups in total. The highest BCUT2D eigenvalue weighted by atomic mass is 16.5. The number of anilines is 1. The number of nitrogens with one attached hydrogen (secondary N) is 1. The van der Waals surface area contributed by atoms with Gasteiger partial charge >= 0.3 is 6.03 Å². The summed E-state index contributed by atoms with van der Waals surface area (Å²) in [6.45, 7) is 2.67. The number of amides is 3. The minimum atomic E-state index is -0.383. The molecule has 0 bridgehead atoms. The molecule has 0 saturated heterocycles. The summed E-state index contributed by atoms with van der Waals surface area (Å²) in [5.41, 5.74) is 2.96. The van der Waals surface area contributed by atoms with Gasteiger partial charge in [0.2, 0.25) is 5.91 Å². The van der Waals surface area contributed by atoms with Crippen molar-refractivity contribution in [2.24, 2.45) is 0 Å². The van der Waals surface area contributed by atoms with Crippen molar-refractivity contribution in [3.8, 4) is 11.5 Å². The average molecular weight is 397 g/mol. The van der Waals surface area contributed by atoms with Crippen molar-refractivity contribution in [2.75, 3.05) is 39.7 Å². The molecule has 0 fully saturated rings. The van der Waals surface area contributed by atoms with Gasteiger partial charge in [-0.25, -0.2) is 4.79 Å². The Morgan fingerprint density at radius 3 is 2.66 bits per heavy atom. The molecule has 1 aliphatic heterocycles. The minimum absolute atomic E-state index is 0.00316. The van der Waals surface area contributed by atoms with E-state index in [0.717, 1.165) is 6.42 Å². The summed E-state index contributed by atoms with van der Waals surface area (Å²) in [6.07, 6.45) is 0.825. The molecule has 0 aliphatic carbocycles. The van der Waals surface area contributed by atoms with Gasteiger partial charge in [0.25, 0.3) is 0 Å². The molecule has 1 atom stereocenters. The fourth-order valence-corrected chi connectivity index (χ4v) is 3.59. The molecule has 7 nitrogen and oxygen atoms in total. The van der Waals surface area contributed by atoms with E-state index in [9.17, 15) is 9.59 Å². The van der Waals surface area contributed by atoms with Crippen LogP contribution in [0.3, 0.4) is 0 Å². The molecule has 3 rings (SSSR count). The fourth-order valence-electron chi connectivity index (χ4n) is 3.59. The number of carbonyl (C=O) groups is 2. The van der Waals surface area contributed by atoms with Crippen LogP contribution >= 0.6 is 0 Å². The Hall–Kier alpha value is -3.22. The number of hydrogen-bond acceptors (Lipinski definition) is 4. The molecular formula is C22H27N3O4. The Labute approximate surface area is 171 Å². The largest absolute Gasteiger partial charge is 0.497 e. The maximum Gasteiger partial charge on any atom is 0.322 e. The summed E-state index contributed by atoms with van der Waals surface area (Å²) in [6, 6.07) is 12.9. The number of benzene rings is 2. The molecule has 2 aromatic carbocycles. The number of carbonyl (C=O) groups excluding carboxylic acids is 2. The lowest BCUT2D eigenvalue weighted by Gasteiger charge is -2.36. The van der Waals surface area contributed by atoms with Gasteiger partial charge in [-0.2, -0.15) is 0 Å². The van der Waals surface area contributed by atoms with Gasteiger partial charge in [0.15, 0.2) is 0 Å². The quantitative estimate of drug-likeness (QED) is 0.840. The van der Waals surface area contributed by atoms with E-state index in [0.29, 0.717) is 23.7 Å². The topological polar surface area (TPSA) is 71.1 Å². The van der Waals surface area contributed by atoms with Crippen LogP contribution in [0.25, 0.3) is 0 Å². The molecule has 0 radical (unpaired) electrons. The monoisotopic (exact) mass is 397 g/mol. The second kappa shape index (κ2) is 8.86. The Bertz CT molecular complexity index is 899. The standard InChI is InChI=1S/C22H27N3O4/c1-15-18-8-6-5-7-16(18)11-12-25(15)21(26)14-24(2)22(27)23-19-10-9-17(28-3)13-20(19)29-4/h5-10,13,15H,11-12,14H2,1-4H3,(H,23,27). The molecule has 1 unspecified atom stereocenters. The SMILES string of the molecule is COc1ccc(NC(=O)N(C)CC(=O)N2CCc3ccccc3C2C)c(OC)c1. The highest BCUT2D eigenvalue weighted by Crippen LogP contribution is 2.30. The first-order chi connectivity index (χ1) is 13.9. The molecule has 3 amide bonds. The van der Waals surface area contributed by atoms with Crippen LogP contribution in [0.4, 0.5) is 10.5 Å². The van der Waals surface area contributed by atoms with Crippen LogP contribution in [0.15, 0.2) is 42.5 Å². The molecule has 1 aliphatic rings. The molecule has 7 heteroatoms. The van der Waals surface area contributed by atoms with Crippen molar-refractivity contribution < 1.29 is 19.1 Å². The van der Waals surface area contributed by atoms with Gasteiger partial charge in [0, 0.05) is 19.7 Å². The number of fused-ring (bicyclic) bond motifs is 1. The minimum Gasteiger partial charge on any atom is -0.497 e. The number of rotatable bonds is 5. The van der Waals surface area contributed by atoms with E-state index >= 15 is 0 Å². The van der Waals surface area contributed by atoms with Crippen molar-refractivity contribution in [1.29, 1.82) is 0 Å². The molecule has 154 valence electrons. The van der Waals surface area contributed by atoms with Gasteiger partial charge in [-0.05, 0) is 36.6 Å². The number of likely N-dealkylation sites (N-methyl/N-ethyl adjacent to an activating group) is 1. The summed E-state index contributed by atoms with van der Waals surface area (Å²) in [7, 11) is 4.69. The zero-order valence-corrected chi connectivity index (χ0v) is 17.3. The molecule has 0 saturated carbocycles. The van der Waals surface area contributed by atoms with Crippen LogP contribution in [0.5, 0.6) is 11.5 Å². The first-order valence-electron chi connectivity index (χ1n) is 9.56. The normalized spacial score (nSPS) is 15.3. The third kappa shape index (κ3) is 4.45. The van der Waals surface area contributed by atoms with E-state index in [1.54, 1.807) is 32.4 Å². The van der Waals surface area contributed by atoms with Crippen molar-refractivity contribution in [2.45, 2.75) is 19.4 Å². The summed E-state index contributed by atoms with van der Waals surface area (Å²) >= 11 is 0. The molecular weight excluding hydrogens is 370 g/mol. The average Bonchev–Trinajstić information content (AvgIpc) is 2.74. The van der Waals surface area contributed by atoms with Crippen LogP contribution in [0.2, 0.25) is 0 Å². The lowest BCUT2D eigenvalue weighted by Crippen LogP contribution is -2.45. The van der Waals surface area contributed by atoms with Gasteiger partial charge in [0.1, 0.15) is 18.0 Å². The maximum absolute atomic E-state index is 12.9. The van der Waals surface area contributed by atoms with Gasteiger partial charge in [-0.1, -0.05) is 24.3 Å². The molecule has 0 spiro atoms. The fraction of sp³-hybridized carbons (Fsp3) is 0.364. The molecule has 2 aromatic rings. The number of urea groups is 1. The van der Waals surface area contributed by atoms with Crippen LogP contribution in [-0.2, 0) is 11.2 Å². The highest BCUT2D eigenvalue weighted by Gasteiger charge is 2.28. The number of nitrogens with zero attached hydrogens (tertiary/aromatic N) is 2. The summed E-state index contributed by atoms with van der Waals surface area (Å²) in [4.78, 5) is 28.7. The predicted molar refractivity (Wildman–Crippen MR) is 111 cm³/mol. The van der Waals surface area contributed by atoms with E-state index < -0.39 is 0 Å². The third-order valence-corrected chi connectivity index (χ3v) is 5.28. The zero-order valence-electron chi connectivity index (χ0n) is 17.3. The van der Waals surface area contributed by atoms with Crippen molar-refractivity contribution in [3.63, 3.8) is 0 Å². The summed E-state index contributed by atoms with van der Waals surface area (Å²) in [5, 5.41) is 2.78. The van der Waals surface area contributed by atoms with Gasteiger partial charge in [0.05, 0.1) is 25.9 Å². The van der Waals surface area contributed by atoms with Crippen molar-refractivity contribution >= 4 is 17.6 Å². The first kappa shape index (κ1) is 20.5. The highest BCUT2D eigenvalue weighted by molar-refractivity contribution is 5.93. The van der Waals surface area contributed by atoms with E-state index in [1.807, 2.05) is 24.0 Å². The Kier molecular flexibility index (Phi) is 6.26. The number of ether oxygens (including phenoxy) is 2. The first-order valence-corrected chi connectivity index (χ1v) is 9.56. The van der Waals surface area contributed by atoms with Crippen LogP contribution in [-0.4, -0.2) is 56.1 Å². The smallest absolute Gasteiger partial charge is 0.322 e. The van der Waals surface area contributed by atoms with E-state index in [2.05, 4.69) is 17.4 Å².